The van der Waals surface area contributed by atoms with E-state index in [0.717, 1.165) is 25.7 Å². The highest BCUT2D eigenvalue weighted by Crippen LogP contribution is 2.46. The normalized spacial score (nSPS) is 30.3. The molecule has 4 aliphatic rings. The summed E-state index contributed by atoms with van der Waals surface area (Å²) in [5.41, 5.74) is -1.44. The number of fused-ring (bicyclic) bond motifs is 3. The molecule has 3 fully saturated rings. The Kier molecular flexibility index (Phi) is 9.70. The minimum Gasteiger partial charge on any atom is -0.491 e. The van der Waals surface area contributed by atoms with Gasteiger partial charge in [-0.2, -0.15) is 0 Å². The van der Waals surface area contributed by atoms with Crippen molar-refractivity contribution in [3.63, 3.8) is 0 Å². The van der Waals surface area contributed by atoms with Crippen molar-refractivity contribution in [2.24, 2.45) is 17.8 Å². The van der Waals surface area contributed by atoms with Gasteiger partial charge in [0.1, 0.15) is 17.7 Å². The number of carbonyl (C=O) groups excluding carboxylic acids is 3. The molecule has 2 N–H and O–H groups in total. The molecule has 11 nitrogen and oxygen atoms in total. The van der Waals surface area contributed by atoms with Crippen LogP contribution in [0.15, 0.2) is 36.5 Å². The molecule has 13 heteroatoms. The van der Waals surface area contributed by atoms with Gasteiger partial charge >= 0.3 is 0 Å². The van der Waals surface area contributed by atoms with Crippen molar-refractivity contribution >= 4 is 38.5 Å². The molecule has 1 unspecified atom stereocenters. The van der Waals surface area contributed by atoms with Crippen molar-refractivity contribution in [1.82, 2.24) is 19.9 Å². The van der Waals surface area contributed by atoms with Crippen LogP contribution >= 0.6 is 0 Å². The number of rotatable bonds is 8. The molecule has 48 heavy (non-hydrogen) atoms. The summed E-state index contributed by atoms with van der Waals surface area (Å²) >= 11 is 0. The number of halogens is 1. The zero-order valence-corrected chi connectivity index (χ0v) is 28.6. The Morgan fingerprint density at radius 2 is 1.98 bits per heavy atom. The van der Waals surface area contributed by atoms with Crippen LogP contribution in [0.4, 0.5) is 4.39 Å². The SMILES string of the molecule is CCOc1cc2ccnc(O[C@@H]3C[C@H]4C(=O)N[C@]5(C(=O)NS(=O)(=O)C6CC6)CC5/C=C\CC[C@H](C)C[C@@H](CC)CC(=O)N4C3)c2cc1F. The molecule has 3 heterocycles. The summed E-state index contributed by atoms with van der Waals surface area (Å²) in [4.78, 5) is 47.5. The maximum absolute atomic E-state index is 14.9. The van der Waals surface area contributed by atoms with Gasteiger partial charge in [0.2, 0.25) is 27.7 Å². The van der Waals surface area contributed by atoms with E-state index in [1.54, 1.807) is 25.3 Å². The lowest BCUT2D eigenvalue weighted by molar-refractivity contribution is -0.140. The summed E-state index contributed by atoms with van der Waals surface area (Å²) in [6.45, 7) is 6.40. The number of nitrogens with one attached hydrogen (secondary N) is 2. The van der Waals surface area contributed by atoms with Gasteiger partial charge in [0.15, 0.2) is 11.6 Å². The molecular weight excluding hydrogens is 639 g/mol. The number of hydrogen-bond donors (Lipinski definition) is 2. The van der Waals surface area contributed by atoms with E-state index in [4.69, 9.17) is 9.47 Å². The van der Waals surface area contributed by atoms with E-state index in [0.29, 0.717) is 36.1 Å². The molecule has 2 aromatic rings. The molecule has 1 aromatic carbocycles. The predicted octanol–water partition coefficient (Wildman–Crippen LogP) is 4.40. The molecule has 6 atom stereocenters. The number of aromatic nitrogens is 1. The van der Waals surface area contributed by atoms with Crippen LogP contribution < -0.4 is 19.5 Å². The molecule has 0 radical (unpaired) electrons. The van der Waals surface area contributed by atoms with Gasteiger partial charge in [0.25, 0.3) is 5.91 Å². The minimum absolute atomic E-state index is 0.0963. The smallest absolute Gasteiger partial charge is 0.259 e. The summed E-state index contributed by atoms with van der Waals surface area (Å²) in [6.07, 6.45) is 9.79. The Morgan fingerprint density at radius 1 is 1.19 bits per heavy atom. The molecule has 6 rings (SSSR count). The molecule has 2 aliphatic heterocycles. The molecule has 2 saturated carbocycles. The molecule has 260 valence electrons. The average Bonchev–Trinajstić information content (AvgIpc) is 3.96. The molecular formula is C35H45FN4O7S. The maximum Gasteiger partial charge on any atom is 0.259 e. The predicted molar refractivity (Wildman–Crippen MR) is 177 cm³/mol. The van der Waals surface area contributed by atoms with Gasteiger partial charge in [0, 0.05) is 30.3 Å². The van der Waals surface area contributed by atoms with Crippen molar-refractivity contribution in [3.8, 4) is 11.6 Å². The summed E-state index contributed by atoms with van der Waals surface area (Å²) in [5, 5.41) is 3.38. The first-order valence-electron chi connectivity index (χ1n) is 17.2. The zero-order valence-electron chi connectivity index (χ0n) is 27.7. The lowest BCUT2D eigenvalue weighted by Gasteiger charge is -2.28. The van der Waals surface area contributed by atoms with Crippen LogP contribution in [0.2, 0.25) is 0 Å². The Morgan fingerprint density at radius 3 is 2.71 bits per heavy atom. The van der Waals surface area contributed by atoms with Crippen LogP contribution in [0.5, 0.6) is 11.6 Å². The van der Waals surface area contributed by atoms with E-state index in [9.17, 15) is 27.2 Å². The largest absolute Gasteiger partial charge is 0.491 e. The first kappa shape index (κ1) is 34.1. The van der Waals surface area contributed by atoms with Gasteiger partial charge in [-0.1, -0.05) is 32.4 Å². The molecule has 0 bridgehead atoms. The third-order valence-corrected chi connectivity index (χ3v) is 12.0. The molecule has 0 spiro atoms. The van der Waals surface area contributed by atoms with Gasteiger partial charge in [-0.15, -0.1) is 0 Å². The van der Waals surface area contributed by atoms with Crippen molar-refractivity contribution in [2.75, 3.05) is 13.2 Å². The minimum atomic E-state index is -3.84. The van der Waals surface area contributed by atoms with E-state index in [1.807, 2.05) is 12.2 Å². The van der Waals surface area contributed by atoms with Gasteiger partial charge in [0.05, 0.1) is 18.4 Å². The lowest BCUT2D eigenvalue weighted by atomic mass is 9.88. The van der Waals surface area contributed by atoms with Crippen molar-refractivity contribution in [3.05, 3.63) is 42.4 Å². The van der Waals surface area contributed by atoms with Crippen molar-refractivity contribution in [1.29, 1.82) is 0 Å². The Bertz CT molecular complexity index is 1710. The highest BCUT2D eigenvalue weighted by atomic mass is 32.2. The van der Waals surface area contributed by atoms with E-state index in [2.05, 4.69) is 28.9 Å². The van der Waals surface area contributed by atoms with Crippen molar-refractivity contribution in [2.45, 2.75) is 101 Å². The third-order valence-electron chi connectivity index (χ3n) is 10.2. The van der Waals surface area contributed by atoms with Crippen LogP contribution in [0.1, 0.15) is 78.6 Å². The van der Waals surface area contributed by atoms with E-state index in [-0.39, 0.29) is 55.2 Å². The number of amides is 3. The second-order valence-electron chi connectivity index (χ2n) is 13.9. The maximum atomic E-state index is 14.9. The van der Waals surface area contributed by atoms with Crippen LogP contribution in [0.25, 0.3) is 10.8 Å². The highest BCUT2D eigenvalue weighted by molar-refractivity contribution is 7.91. The van der Waals surface area contributed by atoms with Crippen LogP contribution in [-0.4, -0.2) is 72.1 Å². The Hall–Kier alpha value is -3.74. The number of nitrogens with zero attached hydrogens (tertiary/aromatic N) is 2. The fourth-order valence-electron chi connectivity index (χ4n) is 7.13. The number of carbonyl (C=O) groups is 3. The lowest BCUT2D eigenvalue weighted by Crippen LogP contribution is -2.56. The highest BCUT2D eigenvalue weighted by Gasteiger charge is 2.62. The standard InChI is InChI=1S/C35H45FN4O7S/c1-4-22-14-21(3)8-6-7-9-24-19-35(24,34(43)39-48(44,45)26-10-11-26)38-32(42)29-17-25(20-40(29)31(41)15-22)47-33-27-18-28(36)30(46-5-2)16-23(27)12-13-37-33/h7,9,12-13,16,18,21-22,24-26,29H,4-6,8,10-11,14-15,17,19-20H2,1-3H3,(H,38,42)(H,39,43)/b9-7-/t21-,22+,24?,25+,29-,35+/m0/s1. The van der Waals surface area contributed by atoms with Crippen LogP contribution in [0, 0.1) is 23.6 Å². The Balaban J connectivity index is 1.29. The first-order valence-corrected chi connectivity index (χ1v) is 18.7. The molecule has 1 saturated heterocycles. The second-order valence-corrected chi connectivity index (χ2v) is 15.8. The third kappa shape index (κ3) is 7.16. The fourth-order valence-corrected chi connectivity index (χ4v) is 8.49. The number of pyridine rings is 1. The number of sulfonamides is 1. The Labute approximate surface area is 281 Å². The van der Waals surface area contributed by atoms with Gasteiger partial charge in [-0.3, -0.25) is 19.1 Å². The topological polar surface area (TPSA) is 144 Å². The van der Waals surface area contributed by atoms with E-state index in [1.165, 1.54) is 11.0 Å². The molecule has 3 amide bonds. The van der Waals surface area contributed by atoms with Crippen LogP contribution in [0.3, 0.4) is 0 Å². The first-order chi connectivity index (χ1) is 22.9. The average molecular weight is 685 g/mol. The number of hydrogen-bond acceptors (Lipinski definition) is 8. The number of benzene rings is 1. The van der Waals surface area contributed by atoms with Crippen LogP contribution in [-0.2, 0) is 24.4 Å². The summed E-state index contributed by atoms with van der Waals surface area (Å²) in [7, 11) is -3.84. The number of ether oxygens (including phenoxy) is 2. The van der Waals surface area contributed by atoms with Gasteiger partial charge in [-0.25, -0.2) is 17.8 Å². The van der Waals surface area contributed by atoms with E-state index < -0.39 is 50.6 Å². The second kappa shape index (κ2) is 13.6. The molecule has 1 aromatic heterocycles. The zero-order chi connectivity index (χ0) is 34.2. The quantitative estimate of drug-likeness (QED) is 0.390. The van der Waals surface area contributed by atoms with Gasteiger partial charge in [-0.05, 0) is 80.9 Å². The van der Waals surface area contributed by atoms with Crippen molar-refractivity contribution < 1.29 is 36.7 Å². The summed E-state index contributed by atoms with van der Waals surface area (Å²) < 4.78 is 54.2. The summed E-state index contributed by atoms with van der Waals surface area (Å²) in [6, 6.07) is 3.65. The van der Waals surface area contributed by atoms with Gasteiger partial charge < -0.3 is 19.7 Å². The molecule has 2 aliphatic carbocycles. The monoisotopic (exact) mass is 684 g/mol. The van der Waals surface area contributed by atoms with E-state index >= 15 is 0 Å². The fraction of sp³-hybridized carbons (Fsp3) is 0.600. The number of allylic oxidation sites excluding steroid dienone is 1. The summed E-state index contributed by atoms with van der Waals surface area (Å²) in [5.74, 6) is -1.64.